The maximum atomic E-state index is 6.39. The largest absolute Gasteiger partial charge is 0.491 e. The molecule has 4 aromatic carbocycles. The van der Waals surface area contributed by atoms with Gasteiger partial charge in [-0.15, -0.1) is 0 Å². The molecule has 0 heterocycles. The van der Waals surface area contributed by atoms with Gasteiger partial charge in [0.1, 0.15) is 24.7 Å². The van der Waals surface area contributed by atoms with Gasteiger partial charge in [0.25, 0.3) is 0 Å². The third-order valence-corrected chi connectivity index (χ3v) is 7.70. The van der Waals surface area contributed by atoms with E-state index < -0.39 is 0 Å². The number of benzene rings is 4. The summed E-state index contributed by atoms with van der Waals surface area (Å²) in [6.45, 7) is 5.88. The van der Waals surface area contributed by atoms with E-state index in [2.05, 4.69) is 68.3 Å². The van der Waals surface area contributed by atoms with Gasteiger partial charge in [-0.25, -0.2) is 0 Å². The van der Waals surface area contributed by atoms with Crippen LogP contribution in [-0.2, 0) is 28.4 Å². The number of fused-ring (bicyclic) bond motifs is 2. The molecule has 0 saturated heterocycles. The molecule has 0 N–H and O–H groups in total. The molecule has 0 spiro atoms. The Labute approximate surface area is 276 Å². The summed E-state index contributed by atoms with van der Waals surface area (Å²) in [5, 5.41) is 4.29. The smallest absolute Gasteiger partial charge is 0.128 e. The highest BCUT2D eigenvalue weighted by molar-refractivity contribution is 9.10. The fourth-order valence-corrected chi connectivity index (χ4v) is 5.42. The maximum Gasteiger partial charge on any atom is 0.128 e. The molecule has 0 bridgehead atoms. The van der Waals surface area contributed by atoms with Gasteiger partial charge in [0, 0.05) is 34.3 Å². The standard InChI is InChI=1S/C34H40Br2O8/c1-37-11-13-39-15-17-41-19-21-43-31-9-3-25-23-27(35)5-7-29(25)33(31)34-30-8-6-28(36)24-26(30)4-10-32(34)44-22-20-42-18-16-40-14-12-38-2/h3-10,23-24H,11-22H2,1-2H3. The summed E-state index contributed by atoms with van der Waals surface area (Å²) in [5.74, 6) is 1.51. The lowest BCUT2D eigenvalue weighted by atomic mass is 9.92. The molecule has 0 aliphatic rings. The van der Waals surface area contributed by atoms with Gasteiger partial charge in [0.15, 0.2) is 0 Å². The van der Waals surface area contributed by atoms with Crippen molar-refractivity contribution in [2.24, 2.45) is 0 Å². The van der Waals surface area contributed by atoms with Gasteiger partial charge in [-0.3, -0.25) is 0 Å². The third-order valence-electron chi connectivity index (χ3n) is 6.72. The molecule has 0 aromatic heterocycles. The molecule has 0 aliphatic carbocycles. The van der Waals surface area contributed by atoms with Crippen LogP contribution in [0.3, 0.4) is 0 Å². The van der Waals surface area contributed by atoms with Crippen LogP contribution >= 0.6 is 31.9 Å². The number of methoxy groups -OCH3 is 2. The Kier molecular flexibility index (Phi) is 15.2. The van der Waals surface area contributed by atoms with Crippen LogP contribution in [0.15, 0.2) is 69.6 Å². The minimum atomic E-state index is 0.389. The highest BCUT2D eigenvalue weighted by Gasteiger charge is 2.20. The first-order chi connectivity index (χ1) is 21.6. The lowest BCUT2D eigenvalue weighted by molar-refractivity contribution is 0.0179. The molecule has 0 amide bonds. The number of halogens is 2. The van der Waals surface area contributed by atoms with Crippen LogP contribution < -0.4 is 9.47 Å². The maximum absolute atomic E-state index is 6.39. The molecule has 238 valence electrons. The normalized spacial score (nSPS) is 11.5. The molecule has 0 saturated carbocycles. The van der Waals surface area contributed by atoms with Crippen molar-refractivity contribution in [2.75, 3.05) is 93.5 Å². The summed E-state index contributed by atoms with van der Waals surface area (Å²) >= 11 is 7.26. The molecule has 8 nitrogen and oxygen atoms in total. The van der Waals surface area contributed by atoms with Crippen LogP contribution in [0.4, 0.5) is 0 Å². The van der Waals surface area contributed by atoms with Gasteiger partial charge in [-0.05, 0) is 57.9 Å². The quantitative estimate of drug-likeness (QED) is 0.0826. The Balaban J connectivity index is 1.56. The van der Waals surface area contributed by atoms with Gasteiger partial charge in [-0.1, -0.05) is 56.1 Å². The Morgan fingerprint density at radius 1 is 0.432 bits per heavy atom. The van der Waals surface area contributed by atoms with Gasteiger partial charge < -0.3 is 37.9 Å². The second-order valence-electron chi connectivity index (χ2n) is 9.74. The van der Waals surface area contributed by atoms with Crippen LogP contribution in [0.25, 0.3) is 32.7 Å². The summed E-state index contributed by atoms with van der Waals surface area (Å²) < 4.78 is 47.2. The van der Waals surface area contributed by atoms with Crippen LogP contribution in [0.1, 0.15) is 0 Å². The van der Waals surface area contributed by atoms with E-state index in [9.17, 15) is 0 Å². The molecule has 0 aliphatic heterocycles. The fourth-order valence-electron chi connectivity index (χ4n) is 4.67. The second-order valence-corrected chi connectivity index (χ2v) is 11.6. The molecule has 0 atom stereocenters. The number of hydrogen-bond donors (Lipinski definition) is 0. The van der Waals surface area contributed by atoms with Gasteiger partial charge in [-0.2, -0.15) is 0 Å². The van der Waals surface area contributed by atoms with E-state index in [1.165, 1.54) is 0 Å². The Morgan fingerprint density at radius 2 is 0.795 bits per heavy atom. The van der Waals surface area contributed by atoms with Crippen molar-refractivity contribution in [3.8, 4) is 22.6 Å². The molecular formula is C34H40Br2O8. The minimum Gasteiger partial charge on any atom is -0.491 e. The van der Waals surface area contributed by atoms with Crippen LogP contribution in [0, 0.1) is 0 Å². The molecule has 0 fully saturated rings. The van der Waals surface area contributed by atoms with E-state index in [1.807, 2.05) is 24.3 Å². The zero-order chi connectivity index (χ0) is 31.0. The van der Waals surface area contributed by atoms with Crippen molar-refractivity contribution in [1.29, 1.82) is 0 Å². The SMILES string of the molecule is COCCOCCOCCOc1ccc2cc(Br)ccc2c1-c1c(OCCOCCOCCOC)ccc2cc(Br)ccc12. The minimum absolute atomic E-state index is 0.389. The van der Waals surface area contributed by atoms with Gasteiger partial charge in [0.2, 0.25) is 0 Å². The molecule has 44 heavy (non-hydrogen) atoms. The summed E-state index contributed by atoms with van der Waals surface area (Å²) in [7, 11) is 3.31. The predicted molar refractivity (Wildman–Crippen MR) is 180 cm³/mol. The lowest BCUT2D eigenvalue weighted by Crippen LogP contribution is -2.13. The van der Waals surface area contributed by atoms with E-state index in [4.69, 9.17) is 37.9 Å². The topological polar surface area (TPSA) is 73.8 Å². The average molecular weight is 736 g/mol. The first-order valence-electron chi connectivity index (χ1n) is 14.6. The Morgan fingerprint density at radius 3 is 1.18 bits per heavy atom. The van der Waals surface area contributed by atoms with Crippen molar-refractivity contribution in [3.05, 3.63) is 69.6 Å². The van der Waals surface area contributed by atoms with Crippen molar-refractivity contribution in [1.82, 2.24) is 0 Å². The summed E-state index contributed by atoms with van der Waals surface area (Å²) in [6, 6.07) is 20.7. The van der Waals surface area contributed by atoms with E-state index in [-0.39, 0.29) is 0 Å². The first-order valence-corrected chi connectivity index (χ1v) is 16.2. The second kappa shape index (κ2) is 19.3. The van der Waals surface area contributed by atoms with Crippen molar-refractivity contribution in [3.63, 3.8) is 0 Å². The van der Waals surface area contributed by atoms with E-state index in [0.29, 0.717) is 79.3 Å². The number of rotatable bonds is 21. The van der Waals surface area contributed by atoms with E-state index in [1.54, 1.807) is 14.2 Å². The van der Waals surface area contributed by atoms with E-state index >= 15 is 0 Å². The summed E-state index contributed by atoms with van der Waals surface area (Å²) in [5.41, 5.74) is 1.93. The zero-order valence-corrected chi connectivity index (χ0v) is 28.5. The Bertz CT molecular complexity index is 1340. The molecule has 10 heteroatoms. The monoisotopic (exact) mass is 734 g/mol. The van der Waals surface area contributed by atoms with E-state index in [0.717, 1.165) is 53.1 Å². The van der Waals surface area contributed by atoms with Crippen LogP contribution in [0.5, 0.6) is 11.5 Å². The number of hydrogen-bond acceptors (Lipinski definition) is 8. The molecule has 4 aromatic rings. The summed E-state index contributed by atoms with van der Waals surface area (Å²) in [4.78, 5) is 0. The molecule has 4 rings (SSSR count). The van der Waals surface area contributed by atoms with Crippen molar-refractivity contribution in [2.45, 2.75) is 0 Å². The Hall–Kier alpha value is -2.28. The first kappa shape index (κ1) is 34.6. The third kappa shape index (κ3) is 10.4. The zero-order valence-electron chi connectivity index (χ0n) is 25.3. The molecule has 0 radical (unpaired) electrons. The summed E-state index contributed by atoms with van der Waals surface area (Å²) in [6.07, 6.45) is 0. The molecule has 0 unspecified atom stereocenters. The number of ether oxygens (including phenoxy) is 8. The van der Waals surface area contributed by atoms with Gasteiger partial charge >= 0.3 is 0 Å². The lowest BCUT2D eigenvalue weighted by Gasteiger charge is -2.20. The highest BCUT2D eigenvalue weighted by atomic mass is 79.9. The van der Waals surface area contributed by atoms with Gasteiger partial charge in [0.05, 0.1) is 66.1 Å². The fraction of sp³-hybridized carbons (Fsp3) is 0.412. The average Bonchev–Trinajstić information content (AvgIpc) is 3.03. The predicted octanol–water partition coefficient (Wildman–Crippen LogP) is 7.30. The van der Waals surface area contributed by atoms with Crippen LogP contribution in [0.2, 0.25) is 0 Å². The molecular weight excluding hydrogens is 696 g/mol. The van der Waals surface area contributed by atoms with Crippen LogP contribution in [-0.4, -0.2) is 93.5 Å². The highest BCUT2D eigenvalue weighted by Crippen LogP contribution is 2.46. The van der Waals surface area contributed by atoms with Crippen molar-refractivity contribution >= 4 is 53.4 Å². The van der Waals surface area contributed by atoms with Crippen molar-refractivity contribution < 1.29 is 37.9 Å².